The van der Waals surface area contributed by atoms with Gasteiger partial charge in [-0.25, -0.2) is 0 Å². The van der Waals surface area contributed by atoms with E-state index in [1.54, 1.807) is 7.05 Å². The van der Waals surface area contributed by atoms with Gasteiger partial charge in [-0.2, -0.15) is 0 Å². The highest BCUT2D eigenvalue weighted by Crippen LogP contribution is 2.35. The molecule has 7 heteroatoms. The molecule has 3 unspecified atom stereocenters. The number of aliphatic hydroxyl groups is 1. The molecule has 1 amide bonds. The Balaban J connectivity index is 1.48. The summed E-state index contributed by atoms with van der Waals surface area (Å²) >= 11 is 0. The van der Waals surface area contributed by atoms with E-state index in [0.29, 0.717) is 19.7 Å². The van der Waals surface area contributed by atoms with Gasteiger partial charge in [-0.1, -0.05) is 19.8 Å². The molecule has 0 radical (unpaired) electrons. The summed E-state index contributed by atoms with van der Waals surface area (Å²) < 4.78 is 5.53. The van der Waals surface area contributed by atoms with E-state index in [4.69, 9.17) is 4.74 Å². The van der Waals surface area contributed by atoms with Crippen molar-refractivity contribution in [2.24, 2.45) is 10.4 Å². The third-order valence-corrected chi connectivity index (χ3v) is 6.24. The number of piperazine rings is 1. The minimum atomic E-state index is -0.247. The summed E-state index contributed by atoms with van der Waals surface area (Å²) in [4.78, 5) is 21.0. The van der Waals surface area contributed by atoms with Crippen LogP contribution in [0.4, 0.5) is 0 Å². The number of aliphatic hydroxyl groups excluding tert-OH is 1. The van der Waals surface area contributed by atoms with Crippen LogP contribution in [0.2, 0.25) is 0 Å². The smallest absolute Gasteiger partial charge is 0.251 e. The van der Waals surface area contributed by atoms with E-state index in [-0.39, 0.29) is 23.5 Å². The molecule has 2 heterocycles. The minimum Gasteiger partial charge on any atom is -0.392 e. The predicted octanol–water partition coefficient (Wildman–Crippen LogP) is 0.826. The van der Waals surface area contributed by atoms with Crippen LogP contribution in [0, 0.1) is 5.41 Å². The van der Waals surface area contributed by atoms with Crippen LogP contribution in [0.25, 0.3) is 0 Å². The molecule has 0 aromatic rings. The van der Waals surface area contributed by atoms with Gasteiger partial charge in [-0.15, -0.1) is 0 Å². The molecule has 0 aromatic carbocycles. The Bertz CT molecular complexity index is 513. The van der Waals surface area contributed by atoms with Crippen LogP contribution in [0.5, 0.6) is 0 Å². The second kappa shape index (κ2) is 8.57. The number of hydrogen-bond donors (Lipinski definition) is 2. The van der Waals surface area contributed by atoms with Gasteiger partial charge in [0.05, 0.1) is 6.10 Å². The fourth-order valence-electron chi connectivity index (χ4n) is 4.32. The lowest BCUT2D eigenvalue weighted by Crippen LogP contribution is -2.56. The first-order valence-corrected chi connectivity index (χ1v) is 10.1. The standard InChI is InChI=1S/C19H34N4O3/c1-19(8-4-3-7-16(19)24)14-21-18(20-2)23-11-9-22(10-12-23)17(25)15-6-5-13-26-15/h15-16,24H,3-14H2,1-2H3,(H,20,21). The molecule has 3 aliphatic rings. The minimum absolute atomic E-state index is 0.0915. The molecule has 3 rings (SSSR count). The van der Waals surface area contributed by atoms with Crippen molar-refractivity contribution in [3.05, 3.63) is 0 Å². The normalized spacial score (nSPS) is 33.4. The highest BCUT2D eigenvalue weighted by molar-refractivity contribution is 5.82. The average Bonchev–Trinajstić information content (AvgIpc) is 3.19. The maximum atomic E-state index is 12.5. The number of aliphatic imine (C=N–C) groups is 1. The summed E-state index contributed by atoms with van der Waals surface area (Å²) in [6, 6.07) is 0. The lowest BCUT2D eigenvalue weighted by molar-refractivity contribution is -0.142. The topological polar surface area (TPSA) is 77.4 Å². The van der Waals surface area contributed by atoms with Gasteiger partial charge in [0.1, 0.15) is 6.10 Å². The van der Waals surface area contributed by atoms with Crippen LogP contribution in [0.15, 0.2) is 4.99 Å². The molecule has 1 aliphatic carbocycles. The molecule has 2 aliphatic heterocycles. The van der Waals surface area contributed by atoms with E-state index in [1.165, 1.54) is 6.42 Å². The van der Waals surface area contributed by atoms with E-state index in [1.807, 2.05) is 4.90 Å². The van der Waals surface area contributed by atoms with Crippen molar-refractivity contribution in [3.8, 4) is 0 Å². The Kier molecular flexibility index (Phi) is 6.40. The highest BCUT2D eigenvalue weighted by atomic mass is 16.5. The molecule has 148 valence electrons. The summed E-state index contributed by atoms with van der Waals surface area (Å²) in [6.07, 6.45) is 5.59. The van der Waals surface area contributed by atoms with Gasteiger partial charge >= 0.3 is 0 Å². The third kappa shape index (κ3) is 4.31. The van der Waals surface area contributed by atoms with E-state index >= 15 is 0 Å². The monoisotopic (exact) mass is 366 g/mol. The number of hydrogen-bond acceptors (Lipinski definition) is 4. The Hall–Kier alpha value is -1.34. The van der Waals surface area contributed by atoms with Crippen LogP contribution < -0.4 is 5.32 Å². The largest absolute Gasteiger partial charge is 0.392 e. The number of guanidine groups is 1. The predicted molar refractivity (Wildman–Crippen MR) is 101 cm³/mol. The fraction of sp³-hybridized carbons (Fsp3) is 0.895. The number of amides is 1. The lowest BCUT2D eigenvalue weighted by atomic mass is 9.73. The Morgan fingerprint density at radius 2 is 1.92 bits per heavy atom. The molecule has 1 saturated carbocycles. The molecule has 3 atom stereocenters. The quantitative estimate of drug-likeness (QED) is 0.571. The van der Waals surface area contributed by atoms with Gasteiger partial charge in [0.25, 0.3) is 5.91 Å². The van der Waals surface area contributed by atoms with Gasteiger partial charge in [0.15, 0.2) is 5.96 Å². The summed E-state index contributed by atoms with van der Waals surface area (Å²) in [5.74, 6) is 1.01. The van der Waals surface area contributed by atoms with Crippen LogP contribution in [-0.4, -0.2) is 85.4 Å². The molecular formula is C19H34N4O3. The van der Waals surface area contributed by atoms with E-state index in [0.717, 1.165) is 57.7 Å². The van der Waals surface area contributed by atoms with Gasteiger partial charge < -0.3 is 25.0 Å². The lowest BCUT2D eigenvalue weighted by Gasteiger charge is -2.41. The van der Waals surface area contributed by atoms with Crippen molar-refractivity contribution < 1.29 is 14.6 Å². The van der Waals surface area contributed by atoms with Crippen LogP contribution >= 0.6 is 0 Å². The molecule has 0 bridgehead atoms. The number of ether oxygens (including phenoxy) is 1. The SMILES string of the molecule is CN=C(NCC1(C)CCCCC1O)N1CCN(C(=O)C2CCCO2)CC1. The van der Waals surface area contributed by atoms with Gasteiger partial charge in [0, 0.05) is 51.8 Å². The van der Waals surface area contributed by atoms with Crippen molar-refractivity contribution in [2.45, 2.75) is 57.7 Å². The van der Waals surface area contributed by atoms with E-state index in [2.05, 4.69) is 22.1 Å². The Morgan fingerprint density at radius 1 is 1.19 bits per heavy atom. The molecule has 26 heavy (non-hydrogen) atoms. The summed E-state index contributed by atoms with van der Waals surface area (Å²) in [6.45, 7) is 6.57. The fourth-order valence-corrected chi connectivity index (χ4v) is 4.32. The first-order valence-electron chi connectivity index (χ1n) is 10.1. The van der Waals surface area contributed by atoms with E-state index < -0.39 is 0 Å². The van der Waals surface area contributed by atoms with Crippen molar-refractivity contribution in [3.63, 3.8) is 0 Å². The molecular weight excluding hydrogens is 332 g/mol. The first-order chi connectivity index (χ1) is 12.5. The van der Waals surface area contributed by atoms with Crippen LogP contribution in [0.3, 0.4) is 0 Å². The number of carbonyl (C=O) groups is 1. The molecule has 2 N–H and O–H groups in total. The van der Waals surface area contributed by atoms with Crippen molar-refractivity contribution in [1.82, 2.24) is 15.1 Å². The van der Waals surface area contributed by atoms with Crippen molar-refractivity contribution in [1.29, 1.82) is 0 Å². The second-order valence-electron chi connectivity index (χ2n) is 8.13. The van der Waals surface area contributed by atoms with Crippen LogP contribution in [-0.2, 0) is 9.53 Å². The summed E-state index contributed by atoms with van der Waals surface area (Å²) in [5.41, 5.74) is -0.0915. The van der Waals surface area contributed by atoms with E-state index in [9.17, 15) is 9.90 Å². The van der Waals surface area contributed by atoms with Crippen molar-refractivity contribution >= 4 is 11.9 Å². The van der Waals surface area contributed by atoms with Gasteiger partial charge in [-0.05, 0) is 25.7 Å². The number of rotatable bonds is 3. The maximum Gasteiger partial charge on any atom is 0.251 e. The zero-order valence-corrected chi connectivity index (χ0v) is 16.2. The maximum absolute atomic E-state index is 12.5. The summed E-state index contributed by atoms with van der Waals surface area (Å²) in [5, 5.41) is 13.8. The third-order valence-electron chi connectivity index (χ3n) is 6.24. The van der Waals surface area contributed by atoms with Crippen LogP contribution in [0.1, 0.15) is 45.4 Å². The molecule has 3 fully saturated rings. The highest BCUT2D eigenvalue weighted by Gasteiger charge is 2.36. The van der Waals surface area contributed by atoms with Gasteiger partial charge in [0.2, 0.25) is 0 Å². The molecule has 0 spiro atoms. The van der Waals surface area contributed by atoms with Crippen molar-refractivity contribution in [2.75, 3.05) is 46.4 Å². The number of nitrogens with one attached hydrogen (secondary N) is 1. The molecule has 0 aromatic heterocycles. The average molecular weight is 367 g/mol. The number of carbonyl (C=O) groups excluding carboxylic acids is 1. The first kappa shape index (κ1) is 19.4. The number of nitrogens with zero attached hydrogens (tertiary/aromatic N) is 3. The summed E-state index contributed by atoms with van der Waals surface area (Å²) in [7, 11) is 1.80. The Labute approximate surface area is 156 Å². The Morgan fingerprint density at radius 3 is 2.54 bits per heavy atom. The zero-order chi connectivity index (χ0) is 18.6. The van der Waals surface area contributed by atoms with Gasteiger partial charge in [-0.3, -0.25) is 9.79 Å². The molecule has 2 saturated heterocycles. The zero-order valence-electron chi connectivity index (χ0n) is 16.2. The second-order valence-corrected chi connectivity index (χ2v) is 8.13. The molecule has 7 nitrogen and oxygen atoms in total.